The summed E-state index contributed by atoms with van der Waals surface area (Å²) in [6.45, 7) is 5.94. The van der Waals surface area contributed by atoms with Crippen LogP contribution < -0.4 is 0 Å². The molecule has 0 spiro atoms. The van der Waals surface area contributed by atoms with E-state index in [1.165, 1.54) is 12.8 Å². The summed E-state index contributed by atoms with van der Waals surface area (Å²) in [4.78, 5) is 26.2. The lowest BCUT2D eigenvalue weighted by atomic mass is 9.94. The van der Waals surface area contributed by atoms with Crippen LogP contribution in [0.3, 0.4) is 0 Å². The van der Waals surface area contributed by atoms with E-state index in [-0.39, 0.29) is 11.8 Å². The van der Waals surface area contributed by atoms with Gasteiger partial charge in [0, 0.05) is 13.1 Å². The van der Waals surface area contributed by atoms with Gasteiger partial charge in [-0.05, 0) is 43.9 Å². The Balaban J connectivity index is 2.02. The molecule has 0 aromatic rings. The molecule has 4 atom stereocenters. The van der Waals surface area contributed by atoms with Gasteiger partial charge in [0.05, 0.1) is 11.8 Å². The van der Waals surface area contributed by atoms with Gasteiger partial charge in [-0.1, -0.05) is 26.7 Å². The van der Waals surface area contributed by atoms with Crippen molar-refractivity contribution in [2.75, 3.05) is 13.1 Å². The molecule has 0 aromatic carbocycles. The normalized spacial score (nSPS) is 33.7. The average Bonchev–Trinajstić information content (AvgIpc) is 2.78. The van der Waals surface area contributed by atoms with E-state index in [0.29, 0.717) is 12.3 Å². The number of carboxylic acid groups (broad SMARTS) is 1. The predicted octanol–water partition coefficient (Wildman–Crippen LogP) is 3.16. The Morgan fingerprint density at radius 2 is 1.67 bits per heavy atom. The van der Waals surface area contributed by atoms with Crippen molar-refractivity contribution in [3.63, 3.8) is 0 Å². The minimum absolute atomic E-state index is 0.107. The molecule has 2 rings (SSSR count). The first-order valence-corrected chi connectivity index (χ1v) is 8.58. The molecular weight excluding hydrogens is 266 g/mol. The first-order valence-electron chi connectivity index (χ1n) is 8.58. The van der Waals surface area contributed by atoms with Crippen LogP contribution >= 0.6 is 0 Å². The summed E-state index contributed by atoms with van der Waals surface area (Å²) in [5.74, 6) is -0.306. The van der Waals surface area contributed by atoms with E-state index >= 15 is 0 Å². The summed E-state index contributed by atoms with van der Waals surface area (Å²) in [6, 6.07) is 0. The molecule has 2 fully saturated rings. The fourth-order valence-electron chi connectivity index (χ4n) is 4.05. The van der Waals surface area contributed by atoms with Gasteiger partial charge < -0.3 is 10.0 Å². The number of amides is 1. The number of hydrogen-bond donors (Lipinski definition) is 1. The second kappa shape index (κ2) is 7.28. The van der Waals surface area contributed by atoms with Gasteiger partial charge in [0.25, 0.3) is 0 Å². The van der Waals surface area contributed by atoms with Crippen molar-refractivity contribution < 1.29 is 14.7 Å². The van der Waals surface area contributed by atoms with Crippen LogP contribution in [0.15, 0.2) is 0 Å². The van der Waals surface area contributed by atoms with Crippen molar-refractivity contribution in [3.8, 4) is 0 Å². The molecule has 1 aliphatic carbocycles. The molecule has 0 aromatic heterocycles. The molecule has 1 amide bonds. The zero-order valence-corrected chi connectivity index (χ0v) is 13.4. The predicted molar refractivity (Wildman–Crippen MR) is 81.8 cm³/mol. The minimum Gasteiger partial charge on any atom is -0.481 e. The summed E-state index contributed by atoms with van der Waals surface area (Å²) in [5.41, 5.74) is 0. The summed E-state index contributed by atoms with van der Waals surface area (Å²) in [7, 11) is 0. The number of hydrogen-bond acceptors (Lipinski definition) is 2. The van der Waals surface area contributed by atoms with Crippen LogP contribution in [-0.4, -0.2) is 35.0 Å². The maximum absolute atomic E-state index is 12.8. The number of nitrogens with zero attached hydrogens (tertiary/aromatic N) is 1. The Kier molecular flexibility index (Phi) is 5.65. The summed E-state index contributed by atoms with van der Waals surface area (Å²) < 4.78 is 0. The highest BCUT2D eigenvalue weighted by atomic mass is 16.4. The van der Waals surface area contributed by atoms with Crippen LogP contribution in [-0.2, 0) is 9.59 Å². The largest absolute Gasteiger partial charge is 0.481 e. The van der Waals surface area contributed by atoms with Crippen LogP contribution in [0.2, 0.25) is 0 Å². The molecule has 4 unspecified atom stereocenters. The highest BCUT2D eigenvalue weighted by Gasteiger charge is 2.43. The van der Waals surface area contributed by atoms with Gasteiger partial charge in [-0.25, -0.2) is 0 Å². The maximum Gasteiger partial charge on any atom is 0.307 e. The van der Waals surface area contributed by atoms with Crippen LogP contribution in [0, 0.1) is 23.7 Å². The molecule has 1 heterocycles. The smallest absolute Gasteiger partial charge is 0.307 e. The van der Waals surface area contributed by atoms with Gasteiger partial charge in [-0.15, -0.1) is 0 Å². The van der Waals surface area contributed by atoms with Crippen molar-refractivity contribution in [1.29, 1.82) is 0 Å². The first-order chi connectivity index (χ1) is 10.1. The first kappa shape index (κ1) is 16.3. The summed E-state index contributed by atoms with van der Waals surface area (Å²) >= 11 is 0. The van der Waals surface area contributed by atoms with Gasteiger partial charge in [-0.2, -0.15) is 0 Å². The molecule has 1 aliphatic heterocycles. The number of carbonyl (C=O) groups is 2. The van der Waals surface area contributed by atoms with E-state index in [2.05, 4.69) is 13.8 Å². The molecular formula is C17H29NO3. The highest BCUT2D eigenvalue weighted by Crippen LogP contribution is 2.39. The fraction of sp³-hybridized carbons (Fsp3) is 0.882. The number of aliphatic carboxylic acids is 1. The van der Waals surface area contributed by atoms with Gasteiger partial charge in [-0.3, -0.25) is 9.59 Å². The Morgan fingerprint density at radius 3 is 2.29 bits per heavy atom. The van der Waals surface area contributed by atoms with E-state index in [4.69, 9.17) is 0 Å². The van der Waals surface area contributed by atoms with E-state index in [9.17, 15) is 14.7 Å². The third kappa shape index (κ3) is 3.78. The number of likely N-dealkylation sites (tertiary alicyclic amines) is 1. The molecule has 1 saturated heterocycles. The molecule has 4 nitrogen and oxygen atoms in total. The summed E-state index contributed by atoms with van der Waals surface area (Å²) in [6.07, 6.45) is 6.93. The summed E-state index contributed by atoms with van der Waals surface area (Å²) in [5, 5.41) is 9.41. The van der Waals surface area contributed by atoms with Gasteiger partial charge >= 0.3 is 5.97 Å². The third-order valence-electron chi connectivity index (χ3n) is 5.61. The van der Waals surface area contributed by atoms with Crippen molar-refractivity contribution in [2.45, 2.75) is 58.8 Å². The van der Waals surface area contributed by atoms with Crippen molar-refractivity contribution in [3.05, 3.63) is 0 Å². The van der Waals surface area contributed by atoms with Gasteiger partial charge in [0.2, 0.25) is 5.91 Å². The number of rotatable bonds is 4. The van der Waals surface area contributed by atoms with E-state index in [1.54, 1.807) is 0 Å². The molecule has 120 valence electrons. The van der Waals surface area contributed by atoms with Crippen LogP contribution in [0.25, 0.3) is 0 Å². The standard InChI is InChI=1S/C17H29NO3/c1-3-12-6-5-8-18(9-7-12)16(19)14-10-13(4-2)11-15(14)17(20)21/h12-15H,3-11H2,1-2H3,(H,20,21). The van der Waals surface area contributed by atoms with Crippen LogP contribution in [0.5, 0.6) is 0 Å². The Bertz CT molecular complexity index is 382. The topological polar surface area (TPSA) is 57.6 Å². The quantitative estimate of drug-likeness (QED) is 0.866. The SMILES string of the molecule is CCC1CCCN(C(=O)C2CC(CC)CC2C(=O)O)CC1. The molecule has 2 aliphatic rings. The minimum atomic E-state index is -0.787. The second-order valence-electron chi connectivity index (χ2n) is 6.83. The Labute approximate surface area is 127 Å². The lowest BCUT2D eigenvalue weighted by Gasteiger charge is -2.26. The molecule has 1 saturated carbocycles. The average molecular weight is 295 g/mol. The number of carbonyl (C=O) groups excluding carboxylic acids is 1. The molecule has 1 N–H and O–H groups in total. The Hall–Kier alpha value is -1.06. The lowest BCUT2D eigenvalue weighted by molar-refractivity contribution is -0.149. The van der Waals surface area contributed by atoms with E-state index in [0.717, 1.165) is 44.7 Å². The van der Waals surface area contributed by atoms with Gasteiger partial charge in [0.1, 0.15) is 0 Å². The second-order valence-corrected chi connectivity index (χ2v) is 6.83. The highest BCUT2D eigenvalue weighted by molar-refractivity contribution is 5.85. The Morgan fingerprint density at radius 1 is 1.00 bits per heavy atom. The number of carboxylic acids is 1. The molecule has 0 radical (unpaired) electrons. The van der Waals surface area contributed by atoms with Gasteiger partial charge in [0.15, 0.2) is 0 Å². The van der Waals surface area contributed by atoms with Crippen LogP contribution in [0.1, 0.15) is 58.8 Å². The third-order valence-corrected chi connectivity index (χ3v) is 5.61. The van der Waals surface area contributed by atoms with Crippen molar-refractivity contribution >= 4 is 11.9 Å². The zero-order chi connectivity index (χ0) is 15.4. The van der Waals surface area contributed by atoms with E-state index < -0.39 is 11.9 Å². The van der Waals surface area contributed by atoms with Crippen LogP contribution in [0.4, 0.5) is 0 Å². The monoisotopic (exact) mass is 295 g/mol. The molecule has 0 bridgehead atoms. The molecule has 21 heavy (non-hydrogen) atoms. The lowest BCUT2D eigenvalue weighted by Crippen LogP contribution is -2.39. The fourth-order valence-corrected chi connectivity index (χ4v) is 4.05. The maximum atomic E-state index is 12.8. The van der Waals surface area contributed by atoms with Crippen molar-refractivity contribution in [1.82, 2.24) is 4.90 Å². The molecule has 4 heteroatoms. The zero-order valence-electron chi connectivity index (χ0n) is 13.4. The van der Waals surface area contributed by atoms with Crippen molar-refractivity contribution in [2.24, 2.45) is 23.7 Å². The van der Waals surface area contributed by atoms with E-state index in [1.807, 2.05) is 4.90 Å².